The van der Waals surface area contributed by atoms with Crippen molar-refractivity contribution in [2.75, 3.05) is 6.29 Å². The lowest BCUT2D eigenvalue weighted by Crippen LogP contribution is -2.71. The molecule has 52 heavy (non-hydrogen) atoms. The summed E-state index contributed by atoms with van der Waals surface area (Å²) in [7, 11) is -4.05. The predicted octanol–water partition coefficient (Wildman–Crippen LogP) is 2.89. The van der Waals surface area contributed by atoms with Crippen molar-refractivity contribution in [3.63, 3.8) is 0 Å². The minimum Gasteiger partial charge on any atom is -0.508 e. The van der Waals surface area contributed by atoms with Gasteiger partial charge in [0, 0.05) is 4.75 Å². The number of carbonyl (C=O) groups excluding carboxylic acids is 3. The van der Waals surface area contributed by atoms with Crippen LogP contribution in [0.4, 0.5) is 4.79 Å². The Labute approximate surface area is 303 Å². The van der Waals surface area contributed by atoms with E-state index in [2.05, 4.69) is 15.7 Å². The van der Waals surface area contributed by atoms with Crippen LogP contribution in [0, 0.1) is 0 Å². The Hall–Kier alpha value is -4.93. The van der Waals surface area contributed by atoms with Gasteiger partial charge in [0.15, 0.2) is 0 Å². The first-order valence-electron chi connectivity index (χ1n) is 15.9. The number of phenolic OH excluding ortho intramolecular Hbond substituents is 1. The number of ether oxygens (including phenoxy) is 1. The van der Waals surface area contributed by atoms with Gasteiger partial charge < -0.3 is 46.2 Å². The van der Waals surface area contributed by atoms with Gasteiger partial charge in [0.2, 0.25) is 11.8 Å². The molecule has 2 saturated heterocycles. The molecule has 3 amide bonds. The van der Waals surface area contributed by atoms with Gasteiger partial charge in [-0.1, -0.05) is 72.8 Å². The van der Waals surface area contributed by atoms with E-state index in [1.165, 1.54) is 40.9 Å². The van der Waals surface area contributed by atoms with Gasteiger partial charge in [-0.15, -0.1) is 11.8 Å². The second-order valence-corrected chi connectivity index (χ2v) is 16.2. The van der Waals surface area contributed by atoms with Gasteiger partial charge in [-0.3, -0.25) is 18.9 Å². The first kappa shape index (κ1) is 39.8. The van der Waals surface area contributed by atoms with Crippen molar-refractivity contribution in [2.24, 2.45) is 5.73 Å². The van der Waals surface area contributed by atoms with Gasteiger partial charge in [0.05, 0.1) is 12.5 Å². The molecule has 3 aromatic rings. The Kier molecular flexibility index (Phi) is 13.1. The molecule has 16 nitrogen and oxygen atoms in total. The summed E-state index contributed by atoms with van der Waals surface area (Å²) < 4.78 is 16.7. The Bertz CT molecular complexity index is 1800. The van der Waals surface area contributed by atoms with E-state index in [-0.39, 0.29) is 18.8 Å². The molecule has 3 unspecified atom stereocenters. The maximum absolute atomic E-state index is 12.3. The van der Waals surface area contributed by atoms with E-state index >= 15 is 0 Å². The number of aromatic hydroxyl groups is 1. The number of hydrogen-bond donors (Lipinski definition) is 8. The number of carboxylic acid groups (broad SMARTS) is 2. The minimum absolute atomic E-state index is 0.0293. The van der Waals surface area contributed by atoms with E-state index in [1.54, 1.807) is 68.4 Å². The lowest BCUT2D eigenvalue weighted by Gasteiger charge is -2.43. The lowest BCUT2D eigenvalue weighted by atomic mass is 9.95. The summed E-state index contributed by atoms with van der Waals surface area (Å²) in [6, 6.07) is 19.8. The summed E-state index contributed by atoms with van der Waals surface area (Å²) in [6.07, 6.45) is -1.82. The number of aliphatic carboxylic acids is 2. The maximum Gasteiger partial charge on any atom is 0.407 e. The normalized spacial score (nSPS) is 20.7. The van der Waals surface area contributed by atoms with Crippen molar-refractivity contribution in [3.05, 3.63) is 102 Å². The zero-order valence-electron chi connectivity index (χ0n) is 28.1. The van der Waals surface area contributed by atoms with Gasteiger partial charge in [-0.25, -0.2) is 14.7 Å². The second-order valence-electron chi connectivity index (χ2n) is 12.4. The number of β-lactam (4-membered cyclic amide) rings is 1. The fourth-order valence-corrected chi connectivity index (χ4v) is 8.34. The predicted molar refractivity (Wildman–Crippen MR) is 190 cm³/mol. The number of benzene rings is 3. The summed E-state index contributed by atoms with van der Waals surface area (Å²) >= 11 is 1.35. The van der Waals surface area contributed by atoms with E-state index in [0.29, 0.717) is 11.1 Å². The Balaban J connectivity index is 0.000000233. The van der Waals surface area contributed by atoms with Crippen LogP contribution >= 0.6 is 19.3 Å². The van der Waals surface area contributed by atoms with Crippen molar-refractivity contribution in [1.29, 1.82) is 0 Å². The zero-order valence-corrected chi connectivity index (χ0v) is 29.8. The van der Waals surface area contributed by atoms with Gasteiger partial charge in [0.25, 0.3) is 7.52 Å². The minimum atomic E-state index is -4.05. The summed E-state index contributed by atoms with van der Waals surface area (Å²) in [5.41, 5.74) is 7.75. The van der Waals surface area contributed by atoms with E-state index in [1.807, 2.05) is 6.07 Å². The standard InChI is InChI=1S/C18H21N2O6P.C16H19N3O5S/c21-17(22)11-16(15-9-5-2-6-10-15)20-27(24,25)13-19-18(23)26-12-14-7-3-1-4-8-14;1-16(2)11(15(23)24)19-13(22)10(14(19)25-16)18-12(21)9(17)7-3-5-8(20)6-4-7/h1-10,16H,11-13H2,(H,19,23)(H,21,22)(H2,20,24,25);3-6,9-11,14,20H,17H2,1-2H3,(H,18,21)(H,23,24)/t;9?,10-,11+,14-/m.1/s1. The number of nitrogens with two attached hydrogens (primary N) is 1. The molecule has 2 heterocycles. The third kappa shape index (κ3) is 10.3. The van der Waals surface area contributed by atoms with Gasteiger partial charge in [-0.05, 0) is 42.7 Å². The summed E-state index contributed by atoms with van der Waals surface area (Å²) in [4.78, 5) is 70.3. The molecule has 0 saturated carbocycles. The number of phenols is 1. The monoisotopic (exact) mass is 757 g/mol. The van der Waals surface area contributed by atoms with Crippen LogP contribution in [0.25, 0.3) is 0 Å². The number of hydrogen-bond acceptors (Lipinski definition) is 10. The molecule has 0 bridgehead atoms. The van der Waals surface area contributed by atoms with Crippen molar-refractivity contribution >= 4 is 49.1 Å². The van der Waals surface area contributed by atoms with Crippen LogP contribution in [0.5, 0.6) is 5.75 Å². The van der Waals surface area contributed by atoms with Crippen LogP contribution in [-0.4, -0.2) is 83.4 Å². The third-order valence-electron chi connectivity index (χ3n) is 8.10. The number of alkyl carbamates (subject to hydrolysis) is 1. The van der Waals surface area contributed by atoms with Crippen molar-refractivity contribution < 1.29 is 53.5 Å². The van der Waals surface area contributed by atoms with Crippen molar-refractivity contribution in [1.82, 2.24) is 20.6 Å². The van der Waals surface area contributed by atoms with Crippen LogP contribution in [0.15, 0.2) is 84.9 Å². The molecule has 3 aromatic carbocycles. The number of amides is 3. The van der Waals surface area contributed by atoms with Gasteiger partial charge in [-0.2, -0.15) is 0 Å². The number of carbonyl (C=O) groups is 5. The summed E-state index contributed by atoms with van der Waals surface area (Å²) in [5, 5.41) is 34.6. The lowest BCUT2D eigenvalue weighted by molar-refractivity contribution is -0.161. The Morgan fingerprint density at radius 2 is 1.56 bits per heavy atom. The third-order valence-corrected chi connectivity index (χ3v) is 11.0. The largest absolute Gasteiger partial charge is 0.508 e. The molecule has 18 heteroatoms. The second kappa shape index (κ2) is 17.1. The van der Waals surface area contributed by atoms with Crippen LogP contribution < -0.4 is 21.5 Å². The smallest absolute Gasteiger partial charge is 0.407 e. The first-order chi connectivity index (χ1) is 24.5. The van der Waals surface area contributed by atoms with E-state index < -0.39 is 77.9 Å². The molecular formula is C34H40N5O11PS. The topological polar surface area (TPSA) is 258 Å². The Morgan fingerprint density at radius 3 is 2.13 bits per heavy atom. The van der Waals surface area contributed by atoms with Crippen LogP contribution in [-0.2, 0) is 35.1 Å². The number of fused-ring (bicyclic) bond motifs is 1. The molecular weight excluding hydrogens is 717 g/mol. The van der Waals surface area contributed by atoms with E-state index in [0.717, 1.165) is 5.56 Å². The number of thioether (sulfide) groups is 1. The quantitative estimate of drug-likeness (QED) is 0.0922. The van der Waals surface area contributed by atoms with Crippen LogP contribution in [0.3, 0.4) is 0 Å². The van der Waals surface area contributed by atoms with E-state index in [4.69, 9.17) is 15.6 Å². The molecule has 0 aromatic heterocycles. The van der Waals surface area contributed by atoms with Crippen molar-refractivity contribution in [2.45, 2.75) is 61.2 Å². The SMILES string of the molecule is CC1(C)S[C@@H]2[C@H](NC(=O)C(N)c3ccc(O)cc3)C(=O)N2[C@H]1C(=O)O.O=C(O)CC(NP(=O)(O)CNC(=O)OCc1ccccc1)c1ccccc1. The number of carboxylic acids is 2. The van der Waals surface area contributed by atoms with Crippen LogP contribution in [0.1, 0.15) is 49.0 Å². The van der Waals surface area contributed by atoms with Gasteiger partial charge in [0.1, 0.15) is 42.1 Å². The molecule has 0 radical (unpaired) electrons. The molecule has 6 atom stereocenters. The average molecular weight is 758 g/mol. The molecule has 0 aliphatic carbocycles. The zero-order chi connectivity index (χ0) is 38.2. The van der Waals surface area contributed by atoms with Gasteiger partial charge >= 0.3 is 18.0 Å². The molecule has 2 aliphatic heterocycles. The number of nitrogens with one attached hydrogen (secondary N) is 3. The van der Waals surface area contributed by atoms with Crippen LogP contribution in [0.2, 0.25) is 0 Å². The number of nitrogens with zero attached hydrogens (tertiary/aromatic N) is 1. The molecule has 9 N–H and O–H groups in total. The summed E-state index contributed by atoms with van der Waals surface area (Å²) in [6.45, 7) is 3.56. The molecule has 2 fully saturated rings. The highest BCUT2D eigenvalue weighted by Crippen LogP contribution is 2.50. The molecule has 278 valence electrons. The van der Waals surface area contributed by atoms with Crippen molar-refractivity contribution in [3.8, 4) is 5.75 Å². The fourth-order valence-electron chi connectivity index (χ4n) is 5.55. The summed E-state index contributed by atoms with van der Waals surface area (Å²) in [5.74, 6) is -3.06. The maximum atomic E-state index is 12.3. The highest BCUT2D eigenvalue weighted by atomic mass is 32.2. The molecule has 5 rings (SSSR count). The Morgan fingerprint density at radius 1 is 0.962 bits per heavy atom. The van der Waals surface area contributed by atoms with E-state index in [9.17, 15) is 43.6 Å². The fraction of sp³-hybridized carbons (Fsp3) is 0.324. The highest BCUT2D eigenvalue weighted by molar-refractivity contribution is 8.01. The molecule has 2 aliphatic rings. The number of rotatable bonds is 13. The highest BCUT2D eigenvalue weighted by Gasteiger charge is 2.64. The average Bonchev–Trinajstić information content (AvgIpc) is 3.37. The molecule has 0 spiro atoms. The first-order valence-corrected chi connectivity index (χ1v) is 18.6.